The number of nitrogens with one attached hydrogen (secondary N) is 1. The van der Waals surface area contributed by atoms with Crippen LogP contribution in [0.4, 0.5) is 13.2 Å². The fourth-order valence-electron chi connectivity index (χ4n) is 3.85. The summed E-state index contributed by atoms with van der Waals surface area (Å²) in [7, 11) is -4.46. The molecule has 34 heavy (non-hydrogen) atoms. The Kier molecular flexibility index (Phi) is 6.67. The van der Waals surface area contributed by atoms with E-state index >= 15 is 0 Å². The number of carbonyl (C=O) groups is 1. The standard InChI is InChI=1S/C23H21F3N4O3S/c24-23(25,26)19-14-17(16-4-2-1-3-5-16)6-7-21(19)34(32,33)29-18-8-12-30(13-9-18)22(31)20-15-27-10-11-28-20/h1-7,10-11,14-15,18,29H,8-9,12-13H2. The Bertz CT molecular complexity index is 1260. The molecule has 11 heteroatoms. The lowest BCUT2D eigenvalue weighted by Crippen LogP contribution is -2.46. The van der Waals surface area contributed by atoms with Crippen molar-refractivity contribution in [2.45, 2.75) is 30.0 Å². The van der Waals surface area contributed by atoms with E-state index in [2.05, 4.69) is 14.7 Å². The van der Waals surface area contributed by atoms with Crippen molar-refractivity contribution in [1.29, 1.82) is 0 Å². The number of sulfonamides is 1. The minimum absolute atomic E-state index is 0.176. The lowest BCUT2D eigenvalue weighted by atomic mass is 10.0. The Balaban J connectivity index is 1.51. The van der Waals surface area contributed by atoms with Crippen LogP contribution in [-0.2, 0) is 16.2 Å². The molecule has 1 N–H and O–H groups in total. The summed E-state index contributed by atoms with van der Waals surface area (Å²) in [5.41, 5.74) is -0.237. The maximum absolute atomic E-state index is 13.8. The fourth-order valence-corrected chi connectivity index (χ4v) is 5.36. The number of nitrogens with zero attached hydrogens (tertiary/aromatic N) is 3. The third-order valence-electron chi connectivity index (χ3n) is 5.57. The topological polar surface area (TPSA) is 92.3 Å². The first-order valence-corrected chi connectivity index (χ1v) is 12.0. The molecule has 2 heterocycles. The number of benzene rings is 2. The summed E-state index contributed by atoms with van der Waals surface area (Å²) in [6, 6.07) is 11.0. The van der Waals surface area contributed by atoms with E-state index in [9.17, 15) is 26.4 Å². The highest BCUT2D eigenvalue weighted by molar-refractivity contribution is 7.89. The van der Waals surface area contributed by atoms with Crippen molar-refractivity contribution in [2.75, 3.05) is 13.1 Å². The largest absolute Gasteiger partial charge is 0.417 e. The molecule has 1 amide bonds. The number of hydrogen-bond donors (Lipinski definition) is 1. The summed E-state index contributed by atoms with van der Waals surface area (Å²) < 4.78 is 69.7. The molecule has 0 aliphatic carbocycles. The molecule has 0 unspecified atom stereocenters. The second kappa shape index (κ2) is 9.51. The van der Waals surface area contributed by atoms with E-state index < -0.39 is 32.7 Å². The van der Waals surface area contributed by atoms with Crippen LogP contribution in [0.2, 0.25) is 0 Å². The van der Waals surface area contributed by atoms with Gasteiger partial charge in [-0.1, -0.05) is 36.4 Å². The summed E-state index contributed by atoms with van der Waals surface area (Å²) in [4.78, 5) is 21.0. The lowest BCUT2D eigenvalue weighted by Gasteiger charge is -2.32. The molecule has 0 bridgehead atoms. The molecule has 1 saturated heterocycles. The maximum atomic E-state index is 13.8. The Labute approximate surface area is 194 Å². The average Bonchev–Trinajstić information content (AvgIpc) is 2.84. The second-order valence-electron chi connectivity index (χ2n) is 7.85. The van der Waals surface area contributed by atoms with Gasteiger partial charge in [0.25, 0.3) is 5.91 Å². The summed E-state index contributed by atoms with van der Waals surface area (Å²) >= 11 is 0. The predicted molar refractivity (Wildman–Crippen MR) is 118 cm³/mol. The molecule has 1 fully saturated rings. The number of amides is 1. The molecular formula is C23H21F3N4O3S. The minimum atomic E-state index is -4.86. The maximum Gasteiger partial charge on any atom is 0.417 e. The number of aromatic nitrogens is 2. The first-order chi connectivity index (χ1) is 16.1. The van der Waals surface area contributed by atoms with Crippen molar-refractivity contribution in [3.63, 3.8) is 0 Å². The molecule has 1 aliphatic heterocycles. The Morgan fingerprint density at radius 3 is 2.32 bits per heavy atom. The second-order valence-corrected chi connectivity index (χ2v) is 9.54. The summed E-state index contributed by atoms with van der Waals surface area (Å²) in [6.45, 7) is 0.476. The van der Waals surface area contributed by atoms with Gasteiger partial charge < -0.3 is 4.90 Å². The van der Waals surface area contributed by atoms with Crippen LogP contribution in [0.3, 0.4) is 0 Å². The van der Waals surface area contributed by atoms with Crippen LogP contribution in [0.5, 0.6) is 0 Å². The van der Waals surface area contributed by atoms with Crippen LogP contribution < -0.4 is 4.72 Å². The van der Waals surface area contributed by atoms with Gasteiger partial charge in [-0.3, -0.25) is 9.78 Å². The van der Waals surface area contributed by atoms with Gasteiger partial charge in [-0.25, -0.2) is 18.1 Å². The summed E-state index contributed by atoms with van der Waals surface area (Å²) in [5, 5.41) is 0. The van der Waals surface area contributed by atoms with E-state index in [4.69, 9.17) is 0 Å². The Morgan fingerprint density at radius 2 is 1.71 bits per heavy atom. The zero-order valence-electron chi connectivity index (χ0n) is 17.9. The van der Waals surface area contributed by atoms with Gasteiger partial charge in [0.15, 0.2) is 0 Å². The van der Waals surface area contributed by atoms with Gasteiger partial charge in [0, 0.05) is 31.5 Å². The van der Waals surface area contributed by atoms with E-state index in [0.29, 0.717) is 5.56 Å². The van der Waals surface area contributed by atoms with Crippen LogP contribution in [0.25, 0.3) is 11.1 Å². The molecule has 0 spiro atoms. The number of rotatable bonds is 5. The first-order valence-electron chi connectivity index (χ1n) is 10.5. The highest BCUT2D eigenvalue weighted by Gasteiger charge is 2.38. The highest BCUT2D eigenvalue weighted by Crippen LogP contribution is 2.37. The number of likely N-dealkylation sites (tertiary alicyclic amines) is 1. The molecule has 1 aliphatic rings. The molecule has 0 atom stereocenters. The predicted octanol–water partition coefficient (Wildman–Crippen LogP) is 3.75. The van der Waals surface area contributed by atoms with E-state index in [-0.39, 0.29) is 43.1 Å². The SMILES string of the molecule is O=C(c1cnccn1)N1CCC(NS(=O)(=O)c2ccc(-c3ccccc3)cc2C(F)(F)F)CC1. The molecular weight excluding hydrogens is 469 g/mol. The summed E-state index contributed by atoms with van der Waals surface area (Å²) in [5.74, 6) is -0.328. The van der Waals surface area contributed by atoms with E-state index in [0.717, 1.165) is 12.1 Å². The minimum Gasteiger partial charge on any atom is -0.337 e. The van der Waals surface area contributed by atoms with Crippen molar-refractivity contribution in [3.05, 3.63) is 78.4 Å². The first kappa shape index (κ1) is 23.8. The third kappa shape index (κ3) is 5.26. The molecule has 7 nitrogen and oxygen atoms in total. The normalized spacial score (nSPS) is 15.3. The number of piperidine rings is 1. The van der Waals surface area contributed by atoms with Crippen molar-refractivity contribution >= 4 is 15.9 Å². The van der Waals surface area contributed by atoms with Gasteiger partial charge in [-0.05, 0) is 36.1 Å². The molecule has 0 saturated carbocycles. The third-order valence-corrected chi connectivity index (χ3v) is 7.15. The van der Waals surface area contributed by atoms with Crippen LogP contribution >= 0.6 is 0 Å². The van der Waals surface area contributed by atoms with Crippen molar-refractivity contribution < 1.29 is 26.4 Å². The zero-order valence-corrected chi connectivity index (χ0v) is 18.7. The smallest absolute Gasteiger partial charge is 0.337 e. The van der Waals surface area contributed by atoms with Crippen LogP contribution in [0, 0.1) is 0 Å². The van der Waals surface area contributed by atoms with Crippen molar-refractivity contribution in [2.24, 2.45) is 0 Å². The molecule has 2 aromatic carbocycles. The fraction of sp³-hybridized carbons (Fsp3) is 0.261. The van der Waals surface area contributed by atoms with Crippen molar-refractivity contribution in [1.82, 2.24) is 19.6 Å². The van der Waals surface area contributed by atoms with Gasteiger partial charge in [0.05, 0.1) is 16.7 Å². The molecule has 0 radical (unpaired) electrons. The van der Waals surface area contributed by atoms with Gasteiger partial charge in [0.1, 0.15) is 5.69 Å². The van der Waals surface area contributed by atoms with Crippen molar-refractivity contribution in [3.8, 4) is 11.1 Å². The van der Waals surface area contributed by atoms with E-state index in [1.165, 1.54) is 29.6 Å². The van der Waals surface area contributed by atoms with Gasteiger partial charge >= 0.3 is 6.18 Å². The number of carbonyl (C=O) groups excluding carboxylic acids is 1. The van der Waals surface area contributed by atoms with Crippen LogP contribution in [-0.4, -0.2) is 48.3 Å². The molecule has 4 rings (SSSR count). The Morgan fingerprint density at radius 1 is 1.00 bits per heavy atom. The molecule has 1 aromatic heterocycles. The molecule has 3 aromatic rings. The van der Waals surface area contributed by atoms with Crippen LogP contribution in [0.1, 0.15) is 28.9 Å². The quantitative estimate of drug-likeness (QED) is 0.588. The van der Waals surface area contributed by atoms with Crippen LogP contribution in [0.15, 0.2) is 72.0 Å². The number of halogens is 3. The zero-order chi connectivity index (χ0) is 24.3. The number of hydrogen-bond acceptors (Lipinski definition) is 5. The monoisotopic (exact) mass is 490 g/mol. The van der Waals surface area contributed by atoms with E-state index in [1.807, 2.05) is 0 Å². The van der Waals surface area contributed by atoms with Gasteiger partial charge in [-0.15, -0.1) is 0 Å². The summed E-state index contributed by atoms with van der Waals surface area (Å²) in [6.07, 6.45) is -0.158. The highest BCUT2D eigenvalue weighted by atomic mass is 32.2. The Hall–Kier alpha value is -3.31. The molecule has 178 valence electrons. The van der Waals surface area contributed by atoms with Gasteiger partial charge in [0.2, 0.25) is 10.0 Å². The number of alkyl halides is 3. The average molecular weight is 491 g/mol. The lowest BCUT2D eigenvalue weighted by molar-refractivity contribution is -0.139. The van der Waals surface area contributed by atoms with Gasteiger partial charge in [-0.2, -0.15) is 13.2 Å². The van der Waals surface area contributed by atoms with E-state index in [1.54, 1.807) is 30.3 Å².